The van der Waals surface area contributed by atoms with Crippen LogP contribution >= 0.6 is 15.9 Å². The predicted octanol–water partition coefficient (Wildman–Crippen LogP) is 3.33. The number of rotatable bonds is 8. The zero-order chi connectivity index (χ0) is 16.0. The maximum absolute atomic E-state index is 10.6. The molecule has 5 nitrogen and oxygen atoms in total. The molecule has 0 amide bonds. The van der Waals surface area contributed by atoms with Gasteiger partial charge >= 0.3 is 0 Å². The van der Waals surface area contributed by atoms with E-state index in [0.717, 1.165) is 10.0 Å². The molecule has 1 unspecified atom stereocenters. The SMILES string of the molecule is COCOc1cc(OCOC)c(C(O)[Si](C)(C)C)cc1Br. The Morgan fingerprint density at radius 3 is 2.05 bits per heavy atom. The third-order valence-electron chi connectivity index (χ3n) is 2.84. The normalized spacial score (nSPS) is 13.1. The van der Waals surface area contributed by atoms with E-state index >= 15 is 0 Å². The van der Waals surface area contributed by atoms with Gasteiger partial charge in [0.1, 0.15) is 11.5 Å². The summed E-state index contributed by atoms with van der Waals surface area (Å²) < 4.78 is 21.6. The molecule has 0 aliphatic heterocycles. The first-order valence-electron chi connectivity index (χ1n) is 6.56. The average Bonchev–Trinajstić information content (AvgIpc) is 2.42. The van der Waals surface area contributed by atoms with Crippen molar-refractivity contribution in [1.29, 1.82) is 0 Å². The highest BCUT2D eigenvalue weighted by Crippen LogP contribution is 2.39. The maximum atomic E-state index is 10.6. The van der Waals surface area contributed by atoms with Gasteiger partial charge in [-0.2, -0.15) is 0 Å². The summed E-state index contributed by atoms with van der Waals surface area (Å²) in [6.45, 7) is 6.54. The number of aliphatic hydroxyl groups is 1. The molecular weight excluding hydrogens is 356 g/mol. The van der Waals surface area contributed by atoms with E-state index in [4.69, 9.17) is 18.9 Å². The first-order chi connectivity index (χ1) is 9.81. The van der Waals surface area contributed by atoms with Gasteiger partial charge in [0.25, 0.3) is 0 Å². The second kappa shape index (κ2) is 8.14. The van der Waals surface area contributed by atoms with Crippen molar-refractivity contribution >= 4 is 24.0 Å². The first kappa shape index (κ1) is 18.4. The van der Waals surface area contributed by atoms with Gasteiger partial charge in [-0.25, -0.2) is 0 Å². The highest BCUT2D eigenvalue weighted by Gasteiger charge is 2.29. The summed E-state index contributed by atoms with van der Waals surface area (Å²) in [4.78, 5) is 0. The van der Waals surface area contributed by atoms with E-state index in [1.165, 1.54) is 0 Å². The van der Waals surface area contributed by atoms with Gasteiger partial charge in [0.05, 0.1) is 18.3 Å². The van der Waals surface area contributed by atoms with Crippen LogP contribution in [0.25, 0.3) is 0 Å². The van der Waals surface area contributed by atoms with Gasteiger partial charge in [0.2, 0.25) is 0 Å². The van der Waals surface area contributed by atoms with Gasteiger partial charge in [0.15, 0.2) is 13.6 Å². The molecule has 1 aromatic rings. The largest absolute Gasteiger partial charge is 0.467 e. The highest BCUT2D eigenvalue weighted by molar-refractivity contribution is 9.10. The maximum Gasteiger partial charge on any atom is 0.188 e. The fourth-order valence-corrected chi connectivity index (χ4v) is 3.34. The van der Waals surface area contributed by atoms with Crippen LogP contribution in [0, 0.1) is 0 Å². The Kier molecular flexibility index (Phi) is 7.15. The van der Waals surface area contributed by atoms with Gasteiger partial charge in [-0.3, -0.25) is 0 Å². The summed E-state index contributed by atoms with van der Waals surface area (Å²) in [5.74, 6) is 1.15. The molecule has 21 heavy (non-hydrogen) atoms. The molecular formula is C14H23BrO5Si. The molecule has 0 fully saturated rings. The van der Waals surface area contributed by atoms with Crippen LogP contribution in [0.2, 0.25) is 19.6 Å². The van der Waals surface area contributed by atoms with Gasteiger partial charge in [-0.1, -0.05) is 19.6 Å². The minimum Gasteiger partial charge on any atom is -0.467 e. The summed E-state index contributed by atoms with van der Waals surface area (Å²) in [5.41, 5.74) is 0.194. The molecule has 7 heteroatoms. The molecule has 1 N–H and O–H groups in total. The van der Waals surface area contributed by atoms with Gasteiger partial charge in [0, 0.05) is 25.8 Å². The Hall–Kier alpha value is -0.603. The third-order valence-corrected chi connectivity index (χ3v) is 5.42. The van der Waals surface area contributed by atoms with Crippen LogP contribution in [0.4, 0.5) is 0 Å². The molecule has 1 aromatic carbocycles. The van der Waals surface area contributed by atoms with Crippen molar-refractivity contribution in [2.45, 2.75) is 25.4 Å². The lowest BCUT2D eigenvalue weighted by Gasteiger charge is -2.26. The van der Waals surface area contributed by atoms with Crippen LogP contribution in [0.1, 0.15) is 11.3 Å². The van der Waals surface area contributed by atoms with Crippen LogP contribution in [0.5, 0.6) is 11.5 Å². The molecule has 1 rings (SSSR count). The van der Waals surface area contributed by atoms with Crippen molar-refractivity contribution in [3.8, 4) is 11.5 Å². The first-order valence-corrected chi connectivity index (χ1v) is 10.9. The Morgan fingerprint density at radius 2 is 1.57 bits per heavy atom. The minimum absolute atomic E-state index is 0.108. The number of methoxy groups -OCH3 is 2. The molecule has 0 aromatic heterocycles. The number of aliphatic hydroxyl groups excluding tert-OH is 1. The number of hydrogen-bond donors (Lipinski definition) is 1. The van der Waals surface area contributed by atoms with Crippen molar-refractivity contribution in [3.05, 3.63) is 22.2 Å². The molecule has 0 heterocycles. The second-order valence-corrected chi connectivity index (χ2v) is 11.8. The molecule has 0 bridgehead atoms. The molecule has 120 valence electrons. The lowest BCUT2D eigenvalue weighted by atomic mass is 10.2. The Labute approximate surface area is 135 Å². The summed E-state index contributed by atoms with van der Waals surface area (Å²) >= 11 is 3.45. The molecule has 0 radical (unpaired) electrons. The zero-order valence-electron chi connectivity index (χ0n) is 13.1. The fraction of sp³-hybridized carbons (Fsp3) is 0.571. The fourth-order valence-electron chi connectivity index (χ4n) is 1.71. The Bertz CT molecular complexity index is 461. The second-order valence-electron chi connectivity index (χ2n) is 5.69. The molecule has 0 aliphatic carbocycles. The number of benzene rings is 1. The van der Waals surface area contributed by atoms with Crippen LogP contribution in [-0.2, 0) is 9.47 Å². The van der Waals surface area contributed by atoms with Gasteiger partial charge < -0.3 is 24.1 Å². The number of halogens is 1. The van der Waals surface area contributed by atoms with Gasteiger partial charge in [-0.15, -0.1) is 0 Å². The Balaban J connectivity index is 3.18. The molecule has 1 atom stereocenters. The van der Waals surface area contributed by atoms with Crippen molar-refractivity contribution in [2.75, 3.05) is 27.8 Å². The lowest BCUT2D eigenvalue weighted by molar-refractivity contribution is 0.0444. The summed E-state index contributed by atoms with van der Waals surface area (Å²) in [7, 11) is 1.32. The summed E-state index contributed by atoms with van der Waals surface area (Å²) in [6.07, 6.45) is 0. The monoisotopic (exact) mass is 378 g/mol. The van der Waals surface area contributed by atoms with Crippen LogP contribution in [0.15, 0.2) is 16.6 Å². The van der Waals surface area contributed by atoms with E-state index in [1.807, 2.05) is 6.07 Å². The average molecular weight is 379 g/mol. The zero-order valence-corrected chi connectivity index (χ0v) is 15.7. The third kappa shape index (κ3) is 5.26. The lowest BCUT2D eigenvalue weighted by Crippen LogP contribution is -2.31. The number of hydrogen-bond acceptors (Lipinski definition) is 5. The van der Waals surface area contributed by atoms with E-state index in [-0.39, 0.29) is 13.6 Å². The standard InChI is InChI=1S/C14H23BrO5Si/c1-17-8-19-12-7-13(20-9-18-2)11(15)6-10(12)14(16)21(3,4)5/h6-7,14,16H,8-9H2,1-5H3. The van der Waals surface area contributed by atoms with Crippen LogP contribution in [-0.4, -0.2) is 41.0 Å². The van der Waals surface area contributed by atoms with E-state index in [9.17, 15) is 5.11 Å². The smallest absolute Gasteiger partial charge is 0.188 e. The van der Waals surface area contributed by atoms with Crippen LogP contribution in [0.3, 0.4) is 0 Å². The van der Waals surface area contributed by atoms with E-state index in [2.05, 4.69) is 35.6 Å². The van der Waals surface area contributed by atoms with Crippen molar-refractivity contribution < 1.29 is 24.1 Å². The quantitative estimate of drug-likeness (QED) is 0.555. The predicted molar refractivity (Wildman–Crippen MR) is 87.5 cm³/mol. The minimum atomic E-state index is -1.79. The highest BCUT2D eigenvalue weighted by atomic mass is 79.9. The van der Waals surface area contributed by atoms with Crippen molar-refractivity contribution in [2.24, 2.45) is 0 Å². The van der Waals surface area contributed by atoms with Crippen molar-refractivity contribution in [1.82, 2.24) is 0 Å². The molecule has 0 saturated carbocycles. The van der Waals surface area contributed by atoms with E-state index < -0.39 is 13.8 Å². The van der Waals surface area contributed by atoms with E-state index in [1.54, 1.807) is 20.3 Å². The van der Waals surface area contributed by atoms with Gasteiger partial charge in [-0.05, 0) is 22.0 Å². The topological polar surface area (TPSA) is 57.2 Å². The van der Waals surface area contributed by atoms with Crippen LogP contribution < -0.4 is 9.47 Å². The summed E-state index contributed by atoms with van der Waals surface area (Å²) in [6, 6.07) is 3.57. The molecule has 0 saturated heterocycles. The van der Waals surface area contributed by atoms with E-state index in [0.29, 0.717) is 11.5 Å². The molecule has 0 spiro atoms. The number of ether oxygens (including phenoxy) is 4. The summed E-state index contributed by atoms with van der Waals surface area (Å²) in [5, 5.41) is 10.6. The molecule has 0 aliphatic rings. The van der Waals surface area contributed by atoms with Crippen molar-refractivity contribution in [3.63, 3.8) is 0 Å². The Morgan fingerprint density at radius 1 is 1.05 bits per heavy atom.